The lowest BCUT2D eigenvalue weighted by Crippen LogP contribution is -2.19. The van der Waals surface area contributed by atoms with Gasteiger partial charge in [-0.15, -0.1) is 0 Å². The van der Waals surface area contributed by atoms with Crippen LogP contribution in [0, 0.1) is 24.5 Å². The first-order valence-corrected chi connectivity index (χ1v) is 6.68. The van der Waals surface area contributed by atoms with Crippen molar-refractivity contribution < 1.29 is 18.7 Å². The summed E-state index contributed by atoms with van der Waals surface area (Å²) in [6, 6.07) is 10.1. The Hall–Kier alpha value is -2.23. The number of aliphatic carboxylic acids is 1. The zero-order valence-corrected chi connectivity index (χ0v) is 11.6. The van der Waals surface area contributed by atoms with Gasteiger partial charge in [0, 0.05) is 0 Å². The van der Waals surface area contributed by atoms with E-state index in [1.165, 1.54) is 24.3 Å². The van der Waals surface area contributed by atoms with E-state index in [1.807, 2.05) is 0 Å². The predicted molar refractivity (Wildman–Crippen MR) is 76.1 cm³/mol. The molecule has 0 aliphatic heterocycles. The highest BCUT2D eigenvalue weighted by Gasteiger charge is 2.19. The lowest BCUT2D eigenvalue weighted by Gasteiger charge is -2.14. The van der Waals surface area contributed by atoms with Crippen LogP contribution in [0.1, 0.15) is 16.7 Å². The minimum atomic E-state index is -0.914. The monoisotopic (exact) mass is 290 g/mol. The van der Waals surface area contributed by atoms with Crippen molar-refractivity contribution in [1.82, 2.24) is 0 Å². The maximum Gasteiger partial charge on any atom is 0.307 e. The molecule has 2 aromatic rings. The van der Waals surface area contributed by atoms with Gasteiger partial charge in [-0.1, -0.05) is 18.2 Å². The maximum absolute atomic E-state index is 13.1. The lowest BCUT2D eigenvalue weighted by atomic mass is 9.91. The van der Waals surface area contributed by atoms with Crippen molar-refractivity contribution in [3.8, 4) is 0 Å². The summed E-state index contributed by atoms with van der Waals surface area (Å²) in [5.41, 5.74) is 2.31. The molecular formula is C17H16F2O2. The van der Waals surface area contributed by atoms with E-state index in [9.17, 15) is 18.7 Å². The zero-order valence-electron chi connectivity index (χ0n) is 11.6. The number of carboxylic acid groups (broad SMARTS) is 1. The van der Waals surface area contributed by atoms with Crippen molar-refractivity contribution in [2.75, 3.05) is 0 Å². The van der Waals surface area contributed by atoms with Gasteiger partial charge in [0.1, 0.15) is 11.6 Å². The molecule has 0 heterocycles. The van der Waals surface area contributed by atoms with E-state index in [2.05, 4.69) is 0 Å². The largest absolute Gasteiger partial charge is 0.481 e. The third-order valence-corrected chi connectivity index (χ3v) is 3.52. The van der Waals surface area contributed by atoms with Gasteiger partial charge in [0.2, 0.25) is 0 Å². The van der Waals surface area contributed by atoms with E-state index < -0.39 is 11.9 Å². The molecule has 110 valence electrons. The summed E-state index contributed by atoms with van der Waals surface area (Å²) in [7, 11) is 0. The summed E-state index contributed by atoms with van der Waals surface area (Å²) in [6.07, 6.45) is 0.630. The molecule has 0 bridgehead atoms. The molecule has 0 spiro atoms. The summed E-state index contributed by atoms with van der Waals surface area (Å²) in [5.74, 6) is -2.22. The molecule has 1 N–H and O–H groups in total. The number of carbonyl (C=O) groups is 1. The van der Waals surface area contributed by atoms with Gasteiger partial charge in [0.15, 0.2) is 0 Å². The van der Waals surface area contributed by atoms with Gasteiger partial charge in [-0.3, -0.25) is 4.79 Å². The predicted octanol–water partition coefficient (Wildman–Crippen LogP) is 3.76. The minimum Gasteiger partial charge on any atom is -0.481 e. The summed E-state index contributed by atoms with van der Waals surface area (Å²) in [5, 5.41) is 9.35. The number of hydrogen-bond donors (Lipinski definition) is 1. The van der Waals surface area contributed by atoms with Crippen LogP contribution in [0.15, 0.2) is 42.5 Å². The number of hydrogen-bond acceptors (Lipinski definition) is 1. The van der Waals surface area contributed by atoms with E-state index in [4.69, 9.17) is 0 Å². The highest BCUT2D eigenvalue weighted by atomic mass is 19.1. The highest BCUT2D eigenvalue weighted by Crippen LogP contribution is 2.19. The first-order chi connectivity index (χ1) is 9.95. The minimum absolute atomic E-state index is 0.312. The quantitative estimate of drug-likeness (QED) is 0.910. The summed E-state index contributed by atoms with van der Waals surface area (Å²) in [4.78, 5) is 11.4. The molecule has 0 aliphatic carbocycles. The van der Waals surface area contributed by atoms with Gasteiger partial charge in [0.25, 0.3) is 0 Å². The van der Waals surface area contributed by atoms with E-state index in [-0.39, 0.29) is 11.6 Å². The molecule has 1 atom stereocenters. The van der Waals surface area contributed by atoms with Crippen molar-refractivity contribution in [3.05, 3.63) is 70.8 Å². The highest BCUT2D eigenvalue weighted by molar-refractivity contribution is 5.71. The normalized spacial score (nSPS) is 12.1. The maximum atomic E-state index is 13.1. The molecule has 0 aromatic heterocycles. The summed E-state index contributed by atoms with van der Waals surface area (Å²) < 4.78 is 25.9. The Morgan fingerprint density at radius 2 is 1.67 bits per heavy atom. The third kappa shape index (κ3) is 4.12. The number of rotatable bonds is 5. The molecular weight excluding hydrogens is 274 g/mol. The van der Waals surface area contributed by atoms with Crippen LogP contribution in [0.4, 0.5) is 8.78 Å². The summed E-state index contributed by atoms with van der Waals surface area (Å²) in [6.45, 7) is 1.76. The summed E-state index contributed by atoms with van der Waals surface area (Å²) >= 11 is 0. The van der Waals surface area contributed by atoms with E-state index in [1.54, 1.807) is 25.1 Å². The number of carboxylic acids is 1. The number of aryl methyl sites for hydroxylation is 1. The lowest BCUT2D eigenvalue weighted by molar-refractivity contribution is -0.141. The van der Waals surface area contributed by atoms with E-state index >= 15 is 0 Å². The van der Waals surface area contributed by atoms with Gasteiger partial charge in [0.05, 0.1) is 5.92 Å². The molecule has 0 saturated carbocycles. The van der Waals surface area contributed by atoms with Crippen LogP contribution >= 0.6 is 0 Å². The Bertz CT molecular complexity index is 636. The molecule has 1 unspecified atom stereocenters. The van der Waals surface area contributed by atoms with Gasteiger partial charge < -0.3 is 5.11 Å². The molecule has 0 amide bonds. The van der Waals surface area contributed by atoms with Crippen LogP contribution in [-0.2, 0) is 17.6 Å². The van der Waals surface area contributed by atoms with Gasteiger partial charge in [-0.2, -0.15) is 0 Å². The number of benzene rings is 2. The van der Waals surface area contributed by atoms with Crippen LogP contribution in [0.5, 0.6) is 0 Å². The average molecular weight is 290 g/mol. The second-order valence-electron chi connectivity index (χ2n) is 5.14. The van der Waals surface area contributed by atoms with Crippen molar-refractivity contribution in [1.29, 1.82) is 0 Å². The van der Waals surface area contributed by atoms with E-state index in [0.29, 0.717) is 12.8 Å². The third-order valence-electron chi connectivity index (χ3n) is 3.52. The Kier molecular flexibility index (Phi) is 4.68. The smallest absolute Gasteiger partial charge is 0.307 e. The van der Waals surface area contributed by atoms with Crippen LogP contribution in [0.2, 0.25) is 0 Å². The Labute approximate surface area is 122 Å². The van der Waals surface area contributed by atoms with Gasteiger partial charge in [-0.05, 0) is 60.7 Å². The Balaban J connectivity index is 2.15. The standard InChI is InChI=1S/C17H16F2O2/c1-11-8-16(19)7-4-13(11)10-14(17(20)21)9-12-2-5-15(18)6-3-12/h2-8,14H,9-10H2,1H3,(H,20,21). The second kappa shape index (κ2) is 6.48. The van der Waals surface area contributed by atoms with Crippen molar-refractivity contribution in [3.63, 3.8) is 0 Å². The molecule has 2 rings (SSSR count). The molecule has 0 radical (unpaired) electrons. The van der Waals surface area contributed by atoms with E-state index in [0.717, 1.165) is 16.7 Å². The second-order valence-corrected chi connectivity index (χ2v) is 5.14. The van der Waals surface area contributed by atoms with Gasteiger partial charge in [-0.25, -0.2) is 8.78 Å². The van der Waals surface area contributed by atoms with Crippen LogP contribution in [0.25, 0.3) is 0 Å². The van der Waals surface area contributed by atoms with Crippen molar-refractivity contribution in [2.45, 2.75) is 19.8 Å². The fraction of sp³-hybridized carbons (Fsp3) is 0.235. The van der Waals surface area contributed by atoms with Crippen molar-refractivity contribution in [2.24, 2.45) is 5.92 Å². The molecule has 21 heavy (non-hydrogen) atoms. The SMILES string of the molecule is Cc1cc(F)ccc1CC(Cc1ccc(F)cc1)C(=O)O. The molecule has 0 saturated heterocycles. The Morgan fingerprint density at radius 3 is 2.24 bits per heavy atom. The first-order valence-electron chi connectivity index (χ1n) is 6.68. The molecule has 2 aromatic carbocycles. The van der Waals surface area contributed by atoms with Crippen LogP contribution in [-0.4, -0.2) is 11.1 Å². The topological polar surface area (TPSA) is 37.3 Å². The fourth-order valence-electron chi connectivity index (χ4n) is 2.31. The fourth-order valence-corrected chi connectivity index (χ4v) is 2.31. The molecule has 0 aliphatic rings. The Morgan fingerprint density at radius 1 is 1.05 bits per heavy atom. The van der Waals surface area contributed by atoms with Crippen LogP contribution in [0.3, 0.4) is 0 Å². The molecule has 0 fully saturated rings. The number of halogens is 2. The van der Waals surface area contributed by atoms with Gasteiger partial charge >= 0.3 is 5.97 Å². The first kappa shape index (κ1) is 15.2. The zero-order chi connectivity index (χ0) is 15.4. The van der Waals surface area contributed by atoms with Crippen molar-refractivity contribution >= 4 is 5.97 Å². The van der Waals surface area contributed by atoms with Crippen LogP contribution < -0.4 is 0 Å². The molecule has 4 heteroatoms. The molecule has 2 nitrogen and oxygen atoms in total. The average Bonchev–Trinajstić information content (AvgIpc) is 2.43.